The minimum atomic E-state index is -1.70. The van der Waals surface area contributed by atoms with Crippen LogP contribution in [0.4, 0.5) is 0 Å². The van der Waals surface area contributed by atoms with Crippen molar-refractivity contribution in [2.75, 3.05) is 13.3 Å². The van der Waals surface area contributed by atoms with E-state index in [4.69, 9.17) is 4.43 Å². The molecule has 0 atom stereocenters. The standard InChI is InChI=1S/C11H23NO2Si/c1-11(2,3)15(4,5)14-9-12-8-6-7-10(12)13/h6-9H2,1-5H3. The maximum atomic E-state index is 11.4. The molecule has 0 aromatic rings. The Hall–Kier alpha value is -0.353. The number of amides is 1. The lowest BCUT2D eigenvalue weighted by atomic mass is 10.2. The van der Waals surface area contributed by atoms with Gasteiger partial charge in [0, 0.05) is 13.0 Å². The molecule has 1 saturated heterocycles. The van der Waals surface area contributed by atoms with Crippen molar-refractivity contribution in [2.24, 2.45) is 0 Å². The number of hydrogen-bond donors (Lipinski definition) is 0. The van der Waals surface area contributed by atoms with E-state index in [1.807, 2.05) is 4.90 Å². The summed E-state index contributed by atoms with van der Waals surface area (Å²) in [5, 5.41) is 0.218. The molecule has 0 radical (unpaired) electrons. The molecule has 0 unspecified atom stereocenters. The first-order valence-corrected chi connectivity index (χ1v) is 8.56. The molecule has 0 N–H and O–H groups in total. The highest BCUT2D eigenvalue weighted by Gasteiger charge is 2.38. The molecule has 1 aliphatic heterocycles. The summed E-state index contributed by atoms with van der Waals surface area (Å²) in [7, 11) is -1.70. The molecule has 3 nitrogen and oxygen atoms in total. The summed E-state index contributed by atoms with van der Waals surface area (Å²) in [6.07, 6.45) is 1.68. The van der Waals surface area contributed by atoms with Gasteiger partial charge in [0.25, 0.3) is 0 Å². The molecule has 1 amide bonds. The fraction of sp³-hybridized carbons (Fsp3) is 0.909. The molecule has 1 fully saturated rings. The largest absolute Gasteiger partial charge is 0.399 e. The van der Waals surface area contributed by atoms with E-state index in [0.29, 0.717) is 13.2 Å². The third-order valence-electron chi connectivity index (χ3n) is 3.56. The SMILES string of the molecule is CC(C)(C)[Si](C)(C)OCN1CCCC1=O. The van der Waals surface area contributed by atoms with Gasteiger partial charge in [-0.3, -0.25) is 4.79 Å². The summed E-state index contributed by atoms with van der Waals surface area (Å²) in [5.41, 5.74) is 0. The first-order valence-electron chi connectivity index (χ1n) is 5.66. The van der Waals surface area contributed by atoms with Crippen molar-refractivity contribution in [3.05, 3.63) is 0 Å². The predicted octanol–water partition coefficient (Wildman–Crippen LogP) is 2.59. The van der Waals surface area contributed by atoms with Crippen LogP contribution in [0.5, 0.6) is 0 Å². The van der Waals surface area contributed by atoms with Crippen LogP contribution in [0.3, 0.4) is 0 Å². The molecule has 1 heterocycles. The third-order valence-corrected chi connectivity index (χ3v) is 8.02. The van der Waals surface area contributed by atoms with E-state index in [9.17, 15) is 4.79 Å². The fourth-order valence-electron chi connectivity index (χ4n) is 1.30. The summed E-state index contributed by atoms with van der Waals surface area (Å²) < 4.78 is 5.99. The summed E-state index contributed by atoms with van der Waals surface area (Å²) in [4.78, 5) is 13.2. The van der Waals surface area contributed by atoms with Crippen molar-refractivity contribution in [1.82, 2.24) is 4.90 Å². The number of rotatable bonds is 3. The summed E-state index contributed by atoms with van der Waals surface area (Å²) >= 11 is 0. The van der Waals surface area contributed by atoms with Gasteiger partial charge < -0.3 is 9.33 Å². The maximum Gasteiger partial charge on any atom is 0.224 e. The van der Waals surface area contributed by atoms with Gasteiger partial charge in [0.2, 0.25) is 5.91 Å². The number of likely N-dealkylation sites (tertiary alicyclic amines) is 1. The Morgan fingerprint density at radius 3 is 2.40 bits per heavy atom. The van der Waals surface area contributed by atoms with Gasteiger partial charge in [0.05, 0.1) is 0 Å². The van der Waals surface area contributed by atoms with Crippen LogP contribution in [0, 0.1) is 0 Å². The molecular formula is C11H23NO2Si. The number of carbonyl (C=O) groups excluding carboxylic acids is 1. The van der Waals surface area contributed by atoms with Crippen molar-refractivity contribution < 1.29 is 9.22 Å². The van der Waals surface area contributed by atoms with Crippen molar-refractivity contribution in [2.45, 2.75) is 51.7 Å². The van der Waals surface area contributed by atoms with Gasteiger partial charge >= 0.3 is 0 Å². The topological polar surface area (TPSA) is 29.5 Å². The van der Waals surface area contributed by atoms with Crippen LogP contribution >= 0.6 is 0 Å². The van der Waals surface area contributed by atoms with Gasteiger partial charge in [0.1, 0.15) is 6.73 Å². The zero-order valence-corrected chi connectivity index (χ0v) is 11.6. The average Bonchev–Trinajstić information content (AvgIpc) is 2.46. The van der Waals surface area contributed by atoms with E-state index < -0.39 is 8.32 Å². The van der Waals surface area contributed by atoms with Gasteiger partial charge in [-0.1, -0.05) is 20.8 Å². The third kappa shape index (κ3) is 3.05. The molecule has 0 bridgehead atoms. The molecule has 4 heteroatoms. The molecule has 1 aliphatic rings. The second kappa shape index (κ2) is 4.26. The van der Waals surface area contributed by atoms with E-state index in [0.717, 1.165) is 13.0 Å². The normalized spacial score (nSPS) is 18.7. The van der Waals surface area contributed by atoms with Crippen molar-refractivity contribution in [1.29, 1.82) is 0 Å². The molecule has 88 valence electrons. The molecule has 1 rings (SSSR count). The van der Waals surface area contributed by atoms with Crippen LogP contribution in [0.15, 0.2) is 0 Å². The molecule has 0 aliphatic carbocycles. The van der Waals surface area contributed by atoms with Crippen LogP contribution in [-0.4, -0.2) is 32.4 Å². The molecule has 0 aromatic heterocycles. The Balaban J connectivity index is 2.46. The predicted molar refractivity (Wildman–Crippen MR) is 64.1 cm³/mol. The number of carbonyl (C=O) groups is 1. The molecule has 0 aromatic carbocycles. The van der Waals surface area contributed by atoms with E-state index in [1.165, 1.54) is 0 Å². The van der Waals surface area contributed by atoms with Crippen LogP contribution in [-0.2, 0) is 9.22 Å². The highest BCUT2D eigenvalue weighted by molar-refractivity contribution is 6.74. The minimum Gasteiger partial charge on any atom is -0.399 e. The van der Waals surface area contributed by atoms with Gasteiger partial charge in [-0.15, -0.1) is 0 Å². The summed E-state index contributed by atoms with van der Waals surface area (Å²) in [6.45, 7) is 12.4. The summed E-state index contributed by atoms with van der Waals surface area (Å²) in [6, 6.07) is 0. The van der Waals surface area contributed by atoms with Gasteiger partial charge in [-0.2, -0.15) is 0 Å². The zero-order valence-electron chi connectivity index (χ0n) is 10.6. The fourth-order valence-corrected chi connectivity index (χ4v) is 2.21. The Morgan fingerprint density at radius 2 is 2.00 bits per heavy atom. The molecule has 0 spiro atoms. The highest BCUT2D eigenvalue weighted by atomic mass is 28.4. The Morgan fingerprint density at radius 1 is 1.40 bits per heavy atom. The second-order valence-corrected chi connectivity index (χ2v) is 10.6. The maximum absolute atomic E-state index is 11.4. The Labute approximate surface area is 93.9 Å². The van der Waals surface area contributed by atoms with Crippen LogP contribution in [0.2, 0.25) is 18.1 Å². The second-order valence-electron chi connectivity index (χ2n) is 5.79. The van der Waals surface area contributed by atoms with Crippen molar-refractivity contribution in [3.8, 4) is 0 Å². The lowest BCUT2D eigenvalue weighted by Crippen LogP contribution is -2.44. The minimum absolute atomic E-state index is 0.218. The highest BCUT2D eigenvalue weighted by Crippen LogP contribution is 2.36. The van der Waals surface area contributed by atoms with E-state index in [-0.39, 0.29) is 10.9 Å². The molecular weight excluding hydrogens is 206 g/mol. The Kier molecular flexibility index (Phi) is 3.61. The van der Waals surface area contributed by atoms with Gasteiger partial charge in [-0.05, 0) is 24.6 Å². The first-order chi connectivity index (χ1) is 6.74. The number of hydrogen-bond acceptors (Lipinski definition) is 2. The average molecular weight is 229 g/mol. The quantitative estimate of drug-likeness (QED) is 0.696. The first kappa shape index (κ1) is 12.7. The van der Waals surface area contributed by atoms with E-state index in [1.54, 1.807) is 0 Å². The van der Waals surface area contributed by atoms with E-state index >= 15 is 0 Å². The summed E-state index contributed by atoms with van der Waals surface area (Å²) in [5.74, 6) is 0.244. The van der Waals surface area contributed by atoms with Crippen LogP contribution < -0.4 is 0 Å². The lowest BCUT2D eigenvalue weighted by Gasteiger charge is -2.37. The Bertz CT molecular complexity index is 245. The van der Waals surface area contributed by atoms with Crippen LogP contribution in [0.25, 0.3) is 0 Å². The lowest BCUT2D eigenvalue weighted by molar-refractivity contribution is -0.130. The monoisotopic (exact) mass is 229 g/mol. The van der Waals surface area contributed by atoms with Crippen LogP contribution in [0.1, 0.15) is 33.6 Å². The molecule has 0 saturated carbocycles. The van der Waals surface area contributed by atoms with Crippen molar-refractivity contribution in [3.63, 3.8) is 0 Å². The smallest absolute Gasteiger partial charge is 0.224 e. The van der Waals surface area contributed by atoms with E-state index in [2.05, 4.69) is 33.9 Å². The van der Waals surface area contributed by atoms with Gasteiger partial charge in [-0.25, -0.2) is 0 Å². The molecule has 15 heavy (non-hydrogen) atoms. The number of nitrogens with zero attached hydrogens (tertiary/aromatic N) is 1. The zero-order chi connectivity index (χ0) is 11.7. The van der Waals surface area contributed by atoms with Crippen molar-refractivity contribution >= 4 is 14.2 Å². The van der Waals surface area contributed by atoms with Gasteiger partial charge in [0.15, 0.2) is 8.32 Å².